The van der Waals surface area contributed by atoms with Crippen LogP contribution in [0.5, 0.6) is 17.2 Å². The largest absolute Gasteiger partial charge is 0.493 e. The van der Waals surface area contributed by atoms with Crippen molar-refractivity contribution in [2.24, 2.45) is 0 Å². The van der Waals surface area contributed by atoms with Crippen LogP contribution in [0.3, 0.4) is 0 Å². The number of benzene rings is 2. The minimum atomic E-state index is 0.574. The van der Waals surface area contributed by atoms with Crippen LogP contribution in [-0.4, -0.2) is 30.7 Å². The van der Waals surface area contributed by atoms with Gasteiger partial charge in [0.1, 0.15) is 0 Å². The molecule has 0 saturated carbocycles. The number of methoxy groups -OCH3 is 3. The lowest BCUT2D eigenvalue weighted by Gasteiger charge is -2.14. The predicted molar refractivity (Wildman–Crippen MR) is 108 cm³/mol. The maximum Gasteiger partial charge on any atom is 0.203 e. The summed E-state index contributed by atoms with van der Waals surface area (Å²) < 4.78 is 20.8. The van der Waals surface area contributed by atoms with Gasteiger partial charge in [0.15, 0.2) is 11.5 Å². The van der Waals surface area contributed by atoms with Gasteiger partial charge in [-0.3, -0.25) is 4.98 Å². The molecule has 6 heteroatoms. The van der Waals surface area contributed by atoms with Crippen molar-refractivity contribution in [3.63, 3.8) is 0 Å². The molecule has 2 aromatic carbocycles. The Labute approximate surface area is 161 Å². The Morgan fingerprint density at radius 1 is 0.852 bits per heavy atom. The van der Waals surface area contributed by atoms with Crippen LogP contribution < -0.4 is 14.2 Å². The van der Waals surface area contributed by atoms with Crippen LogP contribution in [0.15, 0.2) is 54.9 Å². The Bertz CT molecular complexity index is 1080. The molecule has 0 aliphatic heterocycles. The van der Waals surface area contributed by atoms with Crippen molar-refractivity contribution < 1.29 is 14.2 Å². The van der Waals surface area contributed by atoms with Gasteiger partial charge in [0, 0.05) is 28.9 Å². The van der Waals surface area contributed by atoms with E-state index in [2.05, 4.69) is 33.6 Å². The normalized spacial score (nSPS) is 10.8. The van der Waals surface area contributed by atoms with E-state index in [1.165, 1.54) is 11.5 Å². The molecule has 2 heterocycles. The van der Waals surface area contributed by atoms with E-state index in [0.29, 0.717) is 17.2 Å². The zero-order valence-electron chi connectivity index (χ0n) is 15.2. The number of hydrogen-bond donors (Lipinski definition) is 0. The summed E-state index contributed by atoms with van der Waals surface area (Å²) in [6.45, 7) is 0. The van der Waals surface area contributed by atoms with Gasteiger partial charge in [-0.1, -0.05) is 18.2 Å². The summed E-state index contributed by atoms with van der Waals surface area (Å²) in [5.41, 5.74) is 4.03. The summed E-state index contributed by atoms with van der Waals surface area (Å²) in [4.78, 5) is 5.49. The van der Waals surface area contributed by atoms with Crippen molar-refractivity contribution >= 4 is 22.4 Å². The van der Waals surface area contributed by atoms with Gasteiger partial charge in [0.25, 0.3) is 0 Å². The van der Waals surface area contributed by atoms with E-state index >= 15 is 0 Å². The van der Waals surface area contributed by atoms with E-state index in [9.17, 15) is 0 Å². The van der Waals surface area contributed by atoms with Crippen LogP contribution in [0.4, 0.5) is 0 Å². The summed E-state index contributed by atoms with van der Waals surface area (Å²) in [5, 5.41) is 1.11. The smallest absolute Gasteiger partial charge is 0.203 e. The highest BCUT2D eigenvalue weighted by atomic mass is 32.1. The second kappa shape index (κ2) is 7.25. The highest BCUT2D eigenvalue weighted by Crippen LogP contribution is 2.44. The number of ether oxygens (including phenoxy) is 3. The molecule has 0 saturated heterocycles. The maximum atomic E-state index is 5.49. The van der Waals surface area contributed by atoms with Crippen molar-refractivity contribution in [2.45, 2.75) is 0 Å². The number of fused-ring (bicyclic) bond motifs is 1. The molecular formula is C21H18N2O3S. The number of hydrogen-bond acceptors (Lipinski definition) is 6. The number of rotatable bonds is 5. The molecule has 0 aliphatic rings. The molecular weight excluding hydrogens is 360 g/mol. The monoisotopic (exact) mass is 378 g/mol. The third kappa shape index (κ3) is 3.08. The summed E-state index contributed by atoms with van der Waals surface area (Å²) in [6, 6.07) is 14.1. The average molecular weight is 378 g/mol. The molecule has 0 N–H and O–H groups in total. The molecule has 0 fully saturated rings. The van der Waals surface area contributed by atoms with Crippen LogP contribution in [0.25, 0.3) is 32.5 Å². The van der Waals surface area contributed by atoms with Crippen molar-refractivity contribution in [1.29, 1.82) is 0 Å². The maximum absolute atomic E-state index is 5.49. The summed E-state index contributed by atoms with van der Waals surface area (Å²) in [7, 11) is 4.83. The summed E-state index contributed by atoms with van der Waals surface area (Å²) >= 11 is 1.43. The SMILES string of the molecule is COc1cc(-c2sncc2-c2ccc3cccnc3c2)cc(OC)c1OC. The first kappa shape index (κ1) is 17.3. The standard InChI is InChI=1S/C21H18N2O3S/c1-24-18-10-15(11-19(25-2)20(18)26-3)21-16(12-23-27-21)14-7-6-13-5-4-8-22-17(13)9-14/h4-12H,1-3H3. The molecule has 27 heavy (non-hydrogen) atoms. The molecule has 136 valence electrons. The molecule has 5 nitrogen and oxygen atoms in total. The fourth-order valence-corrected chi connectivity index (χ4v) is 3.86. The molecule has 0 radical (unpaired) electrons. The van der Waals surface area contributed by atoms with Gasteiger partial charge < -0.3 is 14.2 Å². The van der Waals surface area contributed by atoms with Crippen LogP contribution in [-0.2, 0) is 0 Å². The van der Waals surface area contributed by atoms with Crippen LogP contribution in [0.2, 0.25) is 0 Å². The van der Waals surface area contributed by atoms with Crippen molar-refractivity contribution in [3.8, 4) is 38.8 Å². The lowest BCUT2D eigenvalue weighted by molar-refractivity contribution is 0.324. The number of aromatic nitrogens is 2. The second-order valence-electron chi connectivity index (χ2n) is 5.89. The Hall–Kier alpha value is -3.12. The van der Waals surface area contributed by atoms with Gasteiger partial charge in [-0.05, 0) is 41.4 Å². The molecule has 0 bridgehead atoms. The minimum absolute atomic E-state index is 0.574. The zero-order chi connectivity index (χ0) is 18.8. The molecule has 0 amide bonds. The van der Waals surface area contributed by atoms with Gasteiger partial charge in [0.05, 0.1) is 31.7 Å². The molecule has 4 aromatic rings. The predicted octanol–water partition coefficient (Wildman–Crippen LogP) is 5.05. The summed E-state index contributed by atoms with van der Waals surface area (Å²) in [6.07, 6.45) is 3.69. The molecule has 2 aromatic heterocycles. The van der Waals surface area contributed by atoms with E-state index < -0.39 is 0 Å². The minimum Gasteiger partial charge on any atom is -0.493 e. The third-order valence-corrected chi connectivity index (χ3v) is 5.26. The van der Waals surface area contributed by atoms with Crippen LogP contribution in [0, 0.1) is 0 Å². The van der Waals surface area contributed by atoms with Gasteiger partial charge in [0.2, 0.25) is 5.75 Å². The molecule has 0 spiro atoms. The average Bonchev–Trinajstić information content (AvgIpc) is 3.22. The Balaban J connectivity index is 1.86. The zero-order valence-corrected chi connectivity index (χ0v) is 16.0. The topological polar surface area (TPSA) is 53.5 Å². The quantitative estimate of drug-likeness (QED) is 0.486. The lowest BCUT2D eigenvalue weighted by Crippen LogP contribution is -1.95. The van der Waals surface area contributed by atoms with Crippen LogP contribution in [0.1, 0.15) is 0 Å². The van der Waals surface area contributed by atoms with E-state index in [1.54, 1.807) is 27.5 Å². The first-order valence-corrected chi connectivity index (χ1v) is 9.12. The number of pyridine rings is 1. The van der Waals surface area contributed by atoms with Gasteiger partial charge in [-0.25, -0.2) is 0 Å². The number of nitrogens with zero attached hydrogens (tertiary/aromatic N) is 2. The third-order valence-electron chi connectivity index (χ3n) is 4.41. The van der Waals surface area contributed by atoms with Crippen molar-refractivity contribution in [2.75, 3.05) is 21.3 Å². The lowest BCUT2D eigenvalue weighted by atomic mass is 10.0. The molecule has 0 atom stereocenters. The highest BCUT2D eigenvalue weighted by molar-refractivity contribution is 7.10. The van der Waals surface area contributed by atoms with E-state index in [-0.39, 0.29) is 0 Å². The molecule has 4 rings (SSSR count). The van der Waals surface area contributed by atoms with Gasteiger partial charge in [-0.2, -0.15) is 4.37 Å². The van der Waals surface area contributed by atoms with Crippen LogP contribution >= 0.6 is 11.5 Å². The molecule has 0 unspecified atom stereocenters. The first-order chi connectivity index (χ1) is 13.2. The Morgan fingerprint density at radius 2 is 1.63 bits per heavy atom. The van der Waals surface area contributed by atoms with E-state index in [1.807, 2.05) is 24.4 Å². The van der Waals surface area contributed by atoms with Gasteiger partial charge in [-0.15, -0.1) is 0 Å². The highest BCUT2D eigenvalue weighted by Gasteiger charge is 2.18. The Morgan fingerprint density at radius 3 is 2.33 bits per heavy atom. The fourth-order valence-electron chi connectivity index (χ4n) is 3.10. The first-order valence-electron chi connectivity index (χ1n) is 8.35. The van der Waals surface area contributed by atoms with Gasteiger partial charge >= 0.3 is 0 Å². The van der Waals surface area contributed by atoms with Crippen molar-refractivity contribution in [3.05, 3.63) is 54.9 Å². The molecule has 0 aliphatic carbocycles. The van der Waals surface area contributed by atoms with E-state index in [4.69, 9.17) is 14.2 Å². The van der Waals surface area contributed by atoms with E-state index in [0.717, 1.165) is 32.5 Å². The second-order valence-corrected chi connectivity index (χ2v) is 6.70. The summed E-state index contributed by atoms with van der Waals surface area (Å²) in [5.74, 6) is 1.81. The Kier molecular flexibility index (Phi) is 4.64. The van der Waals surface area contributed by atoms with Crippen molar-refractivity contribution in [1.82, 2.24) is 9.36 Å². The fraction of sp³-hybridized carbons (Fsp3) is 0.143.